The molecule has 10 heteroatoms. The number of aromatic hydroxyl groups is 1. The Kier molecular flexibility index (Phi) is 6.35. The first-order valence-electron chi connectivity index (χ1n) is 8.11. The van der Waals surface area contributed by atoms with Gasteiger partial charge in [0.2, 0.25) is 0 Å². The molecule has 0 aliphatic rings. The van der Waals surface area contributed by atoms with Crippen LogP contribution in [0.2, 0.25) is 0 Å². The smallest absolute Gasteiger partial charge is 0.323 e. The number of nitrogens with one attached hydrogen (secondary N) is 2. The maximum absolute atomic E-state index is 12.1. The van der Waals surface area contributed by atoms with E-state index in [9.17, 15) is 28.4 Å². The van der Waals surface area contributed by atoms with Crippen LogP contribution in [-0.2, 0) is 9.84 Å². The summed E-state index contributed by atoms with van der Waals surface area (Å²) in [5.74, 6) is -0.382. The van der Waals surface area contributed by atoms with E-state index >= 15 is 0 Å². The lowest BCUT2D eigenvalue weighted by Crippen LogP contribution is -2.19. The number of urea groups is 1. The lowest BCUT2D eigenvalue weighted by molar-refractivity contribution is -0.384. The largest absolute Gasteiger partial charge is 0.506 e. The number of phenolic OH excluding ortho intramolecular Hbond substituents is 1. The van der Waals surface area contributed by atoms with Gasteiger partial charge in [-0.2, -0.15) is 0 Å². The Morgan fingerprint density at radius 3 is 2.37 bits per heavy atom. The molecule has 2 aromatic rings. The predicted octanol–water partition coefficient (Wildman–Crippen LogP) is 3.52. The number of benzene rings is 2. The Morgan fingerprint density at radius 1 is 1.15 bits per heavy atom. The molecule has 0 saturated carbocycles. The van der Waals surface area contributed by atoms with E-state index in [0.29, 0.717) is 12.1 Å². The number of non-ortho nitro benzene ring substituents is 1. The second-order valence-corrected chi connectivity index (χ2v) is 7.84. The van der Waals surface area contributed by atoms with Crippen LogP contribution in [0, 0.1) is 10.1 Å². The van der Waals surface area contributed by atoms with Gasteiger partial charge in [-0.05, 0) is 36.8 Å². The topological polar surface area (TPSA) is 139 Å². The number of carbonyl (C=O) groups is 1. The van der Waals surface area contributed by atoms with Crippen LogP contribution in [0.5, 0.6) is 5.75 Å². The molecule has 0 atom stereocenters. The number of rotatable bonds is 7. The zero-order chi connectivity index (χ0) is 20.0. The Bertz CT molecular complexity index is 942. The Hall–Kier alpha value is -3.14. The van der Waals surface area contributed by atoms with Crippen molar-refractivity contribution < 1.29 is 23.2 Å². The molecule has 0 aliphatic carbocycles. The van der Waals surface area contributed by atoms with E-state index in [0.717, 1.165) is 18.6 Å². The van der Waals surface area contributed by atoms with Crippen molar-refractivity contribution in [1.82, 2.24) is 0 Å². The number of carbonyl (C=O) groups excluding carboxylic acids is 1. The quantitative estimate of drug-likeness (QED) is 0.374. The van der Waals surface area contributed by atoms with E-state index < -0.39 is 26.5 Å². The molecule has 0 fully saturated rings. The van der Waals surface area contributed by atoms with Crippen molar-refractivity contribution in [2.75, 3.05) is 16.4 Å². The fourth-order valence-corrected chi connectivity index (χ4v) is 3.68. The maximum atomic E-state index is 12.1. The molecule has 0 bridgehead atoms. The fraction of sp³-hybridized carbons (Fsp3) is 0.235. The fourth-order valence-electron chi connectivity index (χ4n) is 2.22. The highest BCUT2D eigenvalue weighted by atomic mass is 32.2. The molecule has 27 heavy (non-hydrogen) atoms. The van der Waals surface area contributed by atoms with Gasteiger partial charge in [0.05, 0.1) is 27.3 Å². The number of unbranched alkanes of at least 4 members (excludes halogenated alkanes) is 1. The first kappa shape index (κ1) is 20.2. The first-order valence-corrected chi connectivity index (χ1v) is 9.76. The second-order valence-electron chi connectivity index (χ2n) is 5.73. The molecular formula is C17H19N3O6S. The monoisotopic (exact) mass is 393 g/mol. The van der Waals surface area contributed by atoms with E-state index in [1.807, 2.05) is 6.92 Å². The summed E-state index contributed by atoms with van der Waals surface area (Å²) < 4.78 is 24.2. The molecule has 0 radical (unpaired) electrons. The normalized spacial score (nSPS) is 11.0. The van der Waals surface area contributed by atoms with Crippen molar-refractivity contribution in [3.05, 3.63) is 52.6 Å². The van der Waals surface area contributed by atoms with Crippen LogP contribution in [0.4, 0.5) is 21.9 Å². The molecule has 3 N–H and O–H groups in total. The average Bonchev–Trinajstić information content (AvgIpc) is 2.62. The van der Waals surface area contributed by atoms with Crippen molar-refractivity contribution in [3.63, 3.8) is 0 Å². The summed E-state index contributed by atoms with van der Waals surface area (Å²) in [5, 5.41) is 25.2. The highest BCUT2D eigenvalue weighted by Gasteiger charge is 2.15. The number of amides is 2. The number of anilines is 2. The van der Waals surface area contributed by atoms with Gasteiger partial charge in [0.15, 0.2) is 9.84 Å². The second kappa shape index (κ2) is 8.49. The zero-order valence-electron chi connectivity index (χ0n) is 14.5. The van der Waals surface area contributed by atoms with Gasteiger partial charge >= 0.3 is 6.03 Å². The summed E-state index contributed by atoms with van der Waals surface area (Å²) >= 11 is 0. The average molecular weight is 393 g/mol. The van der Waals surface area contributed by atoms with Crippen LogP contribution in [0.15, 0.2) is 47.4 Å². The maximum Gasteiger partial charge on any atom is 0.323 e. The molecule has 2 amide bonds. The van der Waals surface area contributed by atoms with Crippen LogP contribution in [0.25, 0.3) is 0 Å². The molecule has 0 unspecified atom stereocenters. The van der Waals surface area contributed by atoms with E-state index in [-0.39, 0.29) is 22.0 Å². The summed E-state index contributed by atoms with van der Waals surface area (Å²) in [6.45, 7) is 1.91. The molecule has 9 nitrogen and oxygen atoms in total. The summed E-state index contributed by atoms with van der Waals surface area (Å²) in [7, 11) is -3.35. The van der Waals surface area contributed by atoms with Gasteiger partial charge < -0.3 is 15.7 Å². The van der Waals surface area contributed by atoms with Crippen molar-refractivity contribution in [1.29, 1.82) is 0 Å². The van der Waals surface area contributed by atoms with Gasteiger partial charge in [-0.1, -0.05) is 13.3 Å². The third-order valence-electron chi connectivity index (χ3n) is 3.68. The van der Waals surface area contributed by atoms with E-state index in [1.165, 1.54) is 30.3 Å². The Morgan fingerprint density at radius 2 is 1.81 bits per heavy atom. The molecular weight excluding hydrogens is 374 g/mol. The minimum absolute atomic E-state index is 0.00290. The standard InChI is InChI=1S/C17H19N3O6S/c1-2-3-10-27(25,26)14-7-4-12(5-8-14)18-17(22)19-15-9-6-13(20(23)24)11-16(15)21/h4-9,11,21H,2-3,10H2,1H3,(H2,18,19,22). The number of nitrogens with zero attached hydrogens (tertiary/aromatic N) is 1. The van der Waals surface area contributed by atoms with Crippen LogP contribution in [0.3, 0.4) is 0 Å². The van der Waals surface area contributed by atoms with Gasteiger partial charge in [-0.25, -0.2) is 13.2 Å². The van der Waals surface area contributed by atoms with E-state index in [4.69, 9.17) is 0 Å². The molecule has 0 heterocycles. The minimum Gasteiger partial charge on any atom is -0.506 e. The number of phenols is 1. The van der Waals surface area contributed by atoms with Crippen LogP contribution >= 0.6 is 0 Å². The van der Waals surface area contributed by atoms with Gasteiger partial charge in [-0.15, -0.1) is 0 Å². The molecule has 144 valence electrons. The third-order valence-corrected chi connectivity index (χ3v) is 5.49. The van der Waals surface area contributed by atoms with Crippen molar-refractivity contribution in [2.45, 2.75) is 24.7 Å². The van der Waals surface area contributed by atoms with Gasteiger partial charge in [0.1, 0.15) is 5.75 Å². The Labute approximate surface area is 156 Å². The van der Waals surface area contributed by atoms with Crippen LogP contribution in [-0.4, -0.2) is 30.2 Å². The summed E-state index contributed by atoms with van der Waals surface area (Å²) in [6.07, 6.45) is 1.35. The highest BCUT2D eigenvalue weighted by molar-refractivity contribution is 7.91. The first-order chi connectivity index (χ1) is 12.7. The van der Waals surface area contributed by atoms with Crippen LogP contribution in [0.1, 0.15) is 19.8 Å². The van der Waals surface area contributed by atoms with E-state index in [2.05, 4.69) is 10.6 Å². The van der Waals surface area contributed by atoms with Gasteiger partial charge in [0.25, 0.3) is 5.69 Å². The number of sulfone groups is 1. The summed E-state index contributed by atoms with van der Waals surface area (Å²) in [4.78, 5) is 22.1. The predicted molar refractivity (Wildman–Crippen MR) is 101 cm³/mol. The molecule has 0 spiro atoms. The molecule has 0 saturated heterocycles. The van der Waals surface area contributed by atoms with Crippen molar-refractivity contribution >= 4 is 32.9 Å². The lowest BCUT2D eigenvalue weighted by Gasteiger charge is -2.10. The SMILES string of the molecule is CCCCS(=O)(=O)c1ccc(NC(=O)Nc2ccc([N+](=O)[O-])cc2O)cc1. The summed E-state index contributed by atoms with van der Waals surface area (Å²) in [6, 6.07) is 8.30. The zero-order valence-corrected chi connectivity index (χ0v) is 15.3. The minimum atomic E-state index is -3.35. The van der Waals surface area contributed by atoms with Crippen molar-refractivity contribution in [2.24, 2.45) is 0 Å². The van der Waals surface area contributed by atoms with Gasteiger partial charge in [-0.3, -0.25) is 10.1 Å². The molecule has 0 aromatic heterocycles. The van der Waals surface area contributed by atoms with Crippen molar-refractivity contribution in [3.8, 4) is 5.75 Å². The van der Waals surface area contributed by atoms with Crippen LogP contribution < -0.4 is 10.6 Å². The number of hydrogen-bond donors (Lipinski definition) is 3. The number of hydrogen-bond acceptors (Lipinski definition) is 6. The molecule has 0 aliphatic heterocycles. The highest BCUT2D eigenvalue weighted by Crippen LogP contribution is 2.28. The van der Waals surface area contributed by atoms with E-state index in [1.54, 1.807) is 0 Å². The Balaban J connectivity index is 2.03. The number of nitro benzene ring substituents is 1. The molecule has 2 aromatic carbocycles. The summed E-state index contributed by atoms with van der Waals surface area (Å²) in [5.41, 5.74) is 0.0403. The van der Waals surface area contributed by atoms with Gasteiger partial charge in [0, 0.05) is 11.8 Å². The number of nitro groups is 1. The third kappa shape index (κ3) is 5.42. The molecule has 2 rings (SSSR count). The lowest BCUT2D eigenvalue weighted by atomic mass is 10.2.